The van der Waals surface area contributed by atoms with Crippen LogP contribution in [0.15, 0.2) is 24.3 Å². The van der Waals surface area contributed by atoms with E-state index in [4.69, 9.17) is 11.6 Å². The molecule has 5 heteroatoms. The van der Waals surface area contributed by atoms with Crippen molar-refractivity contribution in [3.63, 3.8) is 0 Å². The molecule has 0 aliphatic rings. The first-order chi connectivity index (χ1) is 9.20. The van der Waals surface area contributed by atoms with Gasteiger partial charge >= 0.3 is 0 Å². The van der Waals surface area contributed by atoms with E-state index >= 15 is 0 Å². The molecule has 0 saturated heterocycles. The summed E-state index contributed by atoms with van der Waals surface area (Å²) < 4.78 is 40.4. The lowest BCUT2D eigenvalue weighted by Crippen LogP contribution is -2.07. The predicted molar refractivity (Wildman–Crippen MR) is 77.0 cm³/mol. The van der Waals surface area contributed by atoms with Gasteiger partial charge < -0.3 is 0 Å². The molecule has 1 aromatic carbocycles. The van der Waals surface area contributed by atoms with Crippen molar-refractivity contribution >= 4 is 22.9 Å². The minimum absolute atomic E-state index is 0.0561. The van der Waals surface area contributed by atoms with Gasteiger partial charge in [0.05, 0.1) is 5.38 Å². The average Bonchev–Trinajstić information content (AvgIpc) is 2.75. The number of benzene rings is 1. The zero-order valence-corrected chi connectivity index (χ0v) is 12.9. The summed E-state index contributed by atoms with van der Waals surface area (Å²) in [6.45, 7) is 6.14. The van der Waals surface area contributed by atoms with E-state index < -0.39 is 22.8 Å². The van der Waals surface area contributed by atoms with Gasteiger partial charge in [-0.3, -0.25) is 0 Å². The third kappa shape index (κ3) is 3.01. The molecule has 2 rings (SSSR count). The highest BCUT2D eigenvalue weighted by Crippen LogP contribution is 2.39. The van der Waals surface area contributed by atoms with Crippen LogP contribution in [-0.4, -0.2) is 0 Å². The van der Waals surface area contributed by atoms with E-state index in [0.717, 1.165) is 4.88 Å². The highest BCUT2D eigenvalue weighted by atomic mass is 35.5. The lowest BCUT2D eigenvalue weighted by atomic mass is 9.95. The lowest BCUT2D eigenvalue weighted by Gasteiger charge is -2.16. The maximum atomic E-state index is 13.7. The normalized spacial score (nSPS) is 13.6. The Kier molecular flexibility index (Phi) is 4.17. The van der Waals surface area contributed by atoms with E-state index in [1.165, 1.54) is 11.3 Å². The second-order valence-corrected chi connectivity index (χ2v) is 7.15. The first-order valence-corrected chi connectivity index (χ1v) is 7.34. The SMILES string of the molecule is CC(C)(C)c1ccc(C(Cl)c2c(F)cc(F)cc2F)s1. The molecule has 20 heavy (non-hydrogen) atoms. The summed E-state index contributed by atoms with van der Waals surface area (Å²) in [6, 6.07) is 4.94. The standard InChI is InChI=1S/C15H14ClF3S/c1-15(2,3)12-5-4-11(20-12)14(16)13-9(18)6-8(17)7-10(13)19/h4-7,14H,1-3H3. The molecule has 0 aliphatic heterocycles. The van der Waals surface area contributed by atoms with Crippen molar-refractivity contribution in [2.75, 3.05) is 0 Å². The van der Waals surface area contributed by atoms with Gasteiger partial charge in [-0.1, -0.05) is 20.8 Å². The van der Waals surface area contributed by atoms with Gasteiger partial charge in [0.25, 0.3) is 0 Å². The van der Waals surface area contributed by atoms with Crippen molar-refractivity contribution in [3.05, 3.63) is 57.0 Å². The van der Waals surface area contributed by atoms with Gasteiger partial charge in [0.2, 0.25) is 0 Å². The number of rotatable bonds is 2. The Morgan fingerprint density at radius 2 is 1.60 bits per heavy atom. The van der Waals surface area contributed by atoms with E-state index in [-0.39, 0.29) is 11.0 Å². The molecule has 1 heterocycles. The van der Waals surface area contributed by atoms with Crippen LogP contribution in [0.25, 0.3) is 0 Å². The van der Waals surface area contributed by atoms with Crippen LogP contribution in [0.3, 0.4) is 0 Å². The molecule has 1 unspecified atom stereocenters. The summed E-state index contributed by atoms with van der Waals surface area (Å²) in [6.07, 6.45) is 0. The van der Waals surface area contributed by atoms with Gasteiger partial charge in [-0.05, 0) is 17.5 Å². The molecule has 0 spiro atoms. The van der Waals surface area contributed by atoms with Crippen molar-refractivity contribution in [2.45, 2.75) is 31.6 Å². The van der Waals surface area contributed by atoms with Gasteiger partial charge in [-0.15, -0.1) is 22.9 Å². The smallest absolute Gasteiger partial charge is 0.134 e. The minimum atomic E-state index is -0.965. The fourth-order valence-corrected chi connectivity index (χ4v) is 3.30. The summed E-state index contributed by atoms with van der Waals surface area (Å²) in [5, 5.41) is -0.961. The number of hydrogen-bond donors (Lipinski definition) is 0. The zero-order valence-electron chi connectivity index (χ0n) is 11.3. The van der Waals surface area contributed by atoms with E-state index in [0.29, 0.717) is 17.0 Å². The topological polar surface area (TPSA) is 0 Å². The van der Waals surface area contributed by atoms with Crippen molar-refractivity contribution in [1.82, 2.24) is 0 Å². The maximum Gasteiger partial charge on any atom is 0.134 e. The van der Waals surface area contributed by atoms with E-state index in [2.05, 4.69) is 0 Å². The first kappa shape index (κ1) is 15.4. The van der Waals surface area contributed by atoms with Crippen molar-refractivity contribution < 1.29 is 13.2 Å². The Hall–Kier alpha value is -1.00. The summed E-state index contributed by atoms with van der Waals surface area (Å²) >= 11 is 7.57. The predicted octanol–water partition coefficient (Wildman–Crippen LogP) is 5.79. The van der Waals surface area contributed by atoms with Gasteiger partial charge in [0, 0.05) is 27.5 Å². The third-order valence-corrected chi connectivity index (χ3v) is 5.07. The third-order valence-electron chi connectivity index (χ3n) is 2.91. The molecule has 0 bridgehead atoms. The summed E-state index contributed by atoms with van der Waals surface area (Å²) in [5.74, 6) is -2.88. The Morgan fingerprint density at radius 3 is 2.05 bits per heavy atom. The van der Waals surface area contributed by atoms with Gasteiger partial charge in [0.1, 0.15) is 17.5 Å². The van der Waals surface area contributed by atoms with Gasteiger partial charge in [-0.2, -0.15) is 0 Å². The molecule has 1 aromatic heterocycles. The van der Waals surface area contributed by atoms with Crippen LogP contribution >= 0.6 is 22.9 Å². The van der Waals surface area contributed by atoms with Crippen LogP contribution in [0.1, 0.15) is 41.5 Å². The van der Waals surface area contributed by atoms with Crippen LogP contribution in [0, 0.1) is 17.5 Å². The number of thiophene rings is 1. The molecule has 0 fully saturated rings. The van der Waals surface area contributed by atoms with E-state index in [1.807, 2.05) is 26.8 Å². The average molecular weight is 319 g/mol. The van der Waals surface area contributed by atoms with Crippen LogP contribution < -0.4 is 0 Å². The molecule has 108 valence electrons. The summed E-state index contributed by atoms with van der Waals surface area (Å²) in [4.78, 5) is 1.71. The molecule has 2 aromatic rings. The zero-order chi connectivity index (χ0) is 15.1. The van der Waals surface area contributed by atoms with Gasteiger partial charge in [-0.25, -0.2) is 13.2 Å². The molecule has 1 atom stereocenters. The molecule has 0 N–H and O–H groups in total. The molecule has 0 saturated carbocycles. The monoisotopic (exact) mass is 318 g/mol. The summed E-state index contributed by atoms with van der Waals surface area (Å²) in [5.41, 5.74) is -0.366. The summed E-state index contributed by atoms with van der Waals surface area (Å²) in [7, 11) is 0. The quantitative estimate of drug-likeness (QED) is 0.615. The lowest BCUT2D eigenvalue weighted by molar-refractivity contribution is 0.526. The van der Waals surface area contributed by atoms with Crippen LogP contribution in [-0.2, 0) is 5.41 Å². The Balaban J connectivity index is 2.42. The van der Waals surface area contributed by atoms with Gasteiger partial charge in [0.15, 0.2) is 0 Å². The maximum absolute atomic E-state index is 13.7. The number of halogens is 4. The Bertz CT molecular complexity index is 605. The fraction of sp³-hybridized carbons (Fsp3) is 0.333. The number of alkyl halides is 1. The highest BCUT2D eigenvalue weighted by molar-refractivity contribution is 7.12. The molecular formula is C15H14ClF3S. The number of hydrogen-bond acceptors (Lipinski definition) is 1. The Labute approximate surface area is 125 Å². The molecule has 0 radical (unpaired) electrons. The fourth-order valence-electron chi connectivity index (χ4n) is 1.83. The van der Waals surface area contributed by atoms with Crippen LogP contribution in [0.2, 0.25) is 0 Å². The van der Waals surface area contributed by atoms with Crippen LogP contribution in [0.5, 0.6) is 0 Å². The minimum Gasteiger partial charge on any atom is -0.207 e. The van der Waals surface area contributed by atoms with E-state index in [1.54, 1.807) is 6.07 Å². The highest BCUT2D eigenvalue weighted by Gasteiger charge is 2.24. The molecular weight excluding hydrogens is 305 g/mol. The molecule has 0 amide bonds. The first-order valence-electron chi connectivity index (χ1n) is 6.09. The van der Waals surface area contributed by atoms with Crippen LogP contribution in [0.4, 0.5) is 13.2 Å². The van der Waals surface area contributed by atoms with E-state index in [9.17, 15) is 13.2 Å². The second kappa shape index (κ2) is 5.41. The second-order valence-electron chi connectivity index (χ2n) is 5.60. The molecule has 0 nitrogen and oxygen atoms in total. The van der Waals surface area contributed by atoms with Crippen molar-refractivity contribution in [3.8, 4) is 0 Å². The molecule has 0 aliphatic carbocycles. The van der Waals surface area contributed by atoms with Crippen molar-refractivity contribution in [1.29, 1.82) is 0 Å². The Morgan fingerprint density at radius 1 is 1.05 bits per heavy atom. The van der Waals surface area contributed by atoms with Crippen molar-refractivity contribution in [2.24, 2.45) is 0 Å². The largest absolute Gasteiger partial charge is 0.207 e.